The molecule has 96 valence electrons. The molecule has 2 rings (SSSR count). The maximum atomic E-state index is 3.42. The Kier molecular flexibility index (Phi) is 4.24. The average molecular weight is 264 g/mol. The molecular formula is C18H20Si. The van der Waals surface area contributed by atoms with Crippen LogP contribution in [0.1, 0.15) is 16.7 Å². The zero-order chi connectivity index (χ0) is 13.7. The van der Waals surface area contributed by atoms with Gasteiger partial charge in [-0.2, -0.15) is 0 Å². The van der Waals surface area contributed by atoms with Crippen molar-refractivity contribution in [2.75, 3.05) is 0 Å². The van der Waals surface area contributed by atoms with Gasteiger partial charge in [0.1, 0.15) is 8.07 Å². The molecule has 2 aromatic rings. The van der Waals surface area contributed by atoms with Gasteiger partial charge in [0.05, 0.1) is 0 Å². The van der Waals surface area contributed by atoms with Crippen LogP contribution in [0.2, 0.25) is 19.6 Å². The molecule has 0 atom stereocenters. The Labute approximate surface area is 117 Å². The van der Waals surface area contributed by atoms with Gasteiger partial charge in [0.25, 0.3) is 0 Å². The minimum atomic E-state index is -1.29. The van der Waals surface area contributed by atoms with Crippen molar-refractivity contribution in [1.82, 2.24) is 0 Å². The Morgan fingerprint density at radius 3 is 2.21 bits per heavy atom. The lowest BCUT2D eigenvalue weighted by Crippen LogP contribution is -2.16. The van der Waals surface area contributed by atoms with Gasteiger partial charge in [-0.05, 0) is 29.7 Å². The molecule has 1 heteroatoms. The number of hydrogen-bond donors (Lipinski definition) is 0. The van der Waals surface area contributed by atoms with Crippen LogP contribution in [0.5, 0.6) is 0 Å². The van der Waals surface area contributed by atoms with Gasteiger partial charge in [0.2, 0.25) is 0 Å². The number of hydrogen-bond acceptors (Lipinski definition) is 0. The van der Waals surface area contributed by atoms with Gasteiger partial charge in [-0.15, -0.1) is 5.54 Å². The van der Waals surface area contributed by atoms with Gasteiger partial charge in [-0.3, -0.25) is 0 Å². The normalized spacial score (nSPS) is 10.7. The van der Waals surface area contributed by atoms with Crippen molar-refractivity contribution in [2.45, 2.75) is 26.1 Å². The summed E-state index contributed by atoms with van der Waals surface area (Å²) in [7, 11) is -1.29. The maximum Gasteiger partial charge on any atom is 0.129 e. The van der Waals surface area contributed by atoms with Crippen molar-refractivity contribution in [3.05, 3.63) is 71.3 Å². The third-order valence-corrected chi connectivity index (χ3v) is 3.63. The van der Waals surface area contributed by atoms with Gasteiger partial charge in [0, 0.05) is 5.56 Å². The van der Waals surface area contributed by atoms with E-state index in [2.05, 4.69) is 85.7 Å². The summed E-state index contributed by atoms with van der Waals surface area (Å²) in [4.78, 5) is 0. The van der Waals surface area contributed by atoms with E-state index in [4.69, 9.17) is 0 Å². The summed E-state index contributed by atoms with van der Waals surface area (Å²) in [5, 5.41) is 0. The summed E-state index contributed by atoms with van der Waals surface area (Å²) in [6, 6.07) is 19.1. The van der Waals surface area contributed by atoms with Crippen molar-refractivity contribution in [3.8, 4) is 11.5 Å². The summed E-state index contributed by atoms with van der Waals surface area (Å²) in [6.45, 7) is 6.81. The fourth-order valence-corrected chi connectivity index (χ4v) is 2.37. The van der Waals surface area contributed by atoms with Crippen molar-refractivity contribution >= 4 is 8.07 Å². The molecule has 0 radical (unpaired) electrons. The highest BCUT2D eigenvalue weighted by Gasteiger charge is 2.07. The van der Waals surface area contributed by atoms with Crippen molar-refractivity contribution in [1.29, 1.82) is 0 Å². The minimum Gasteiger partial charge on any atom is -0.127 e. The second-order valence-electron chi connectivity index (χ2n) is 5.86. The molecule has 0 nitrogen and oxygen atoms in total. The molecule has 0 saturated carbocycles. The summed E-state index contributed by atoms with van der Waals surface area (Å²) >= 11 is 0. The van der Waals surface area contributed by atoms with E-state index < -0.39 is 8.07 Å². The molecule has 0 aromatic heterocycles. The van der Waals surface area contributed by atoms with Crippen LogP contribution in [-0.2, 0) is 6.42 Å². The molecule has 0 saturated heterocycles. The highest BCUT2D eigenvalue weighted by molar-refractivity contribution is 6.83. The molecule has 0 unspecified atom stereocenters. The number of benzene rings is 2. The Morgan fingerprint density at radius 2 is 1.53 bits per heavy atom. The van der Waals surface area contributed by atoms with E-state index in [-0.39, 0.29) is 0 Å². The molecule has 0 aliphatic heterocycles. The Balaban J connectivity index is 2.18. The van der Waals surface area contributed by atoms with E-state index in [0.29, 0.717) is 0 Å². The first-order valence-electron chi connectivity index (χ1n) is 6.69. The lowest BCUT2D eigenvalue weighted by molar-refractivity contribution is 1.19. The van der Waals surface area contributed by atoms with E-state index in [9.17, 15) is 0 Å². The topological polar surface area (TPSA) is 0 Å². The van der Waals surface area contributed by atoms with E-state index in [1.54, 1.807) is 0 Å². The fourth-order valence-electron chi connectivity index (χ4n) is 1.85. The first kappa shape index (κ1) is 13.6. The van der Waals surface area contributed by atoms with Crippen LogP contribution < -0.4 is 0 Å². The quantitative estimate of drug-likeness (QED) is 0.553. The van der Waals surface area contributed by atoms with Crippen LogP contribution in [0.4, 0.5) is 0 Å². The van der Waals surface area contributed by atoms with Crippen LogP contribution >= 0.6 is 0 Å². The molecule has 0 aliphatic carbocycles. The Bertz CT molecular complexity index is 595. The van der Waals surface area contributed by atoms with Gasteiger partial charge in [0.15, 0.2) is 0 Å². The number of rotatable bonds is 2. The zero-order valence-corrected chi connectivity index (χ0v) is 12.9. The molecule has 19 heavy (non-hydrogen) atoms. The van der Waals surface area contributed by atoms with Crippen LogP contribution in [0.3, 0.4) is 0 Å². The molecule has 0 spiro atoms. The van der Waals surface area contributed by atoms with E-state index in [1.165, 1.54) is 11.1 Å². The predicted molar refractivity (Wildman–Crippen MR) is 85.9 cm³/mol. The van der Waals surface area contributed by atoms with Gasteiger partial charge in [-0.25, -0.2) is 0 Å². The van der Waals surface area contributed by atoms with Gasteiger partial charge in [-0.1, -0.05) is 68.0 Å². The second kappa shape index (κ2) is 5.91. The molecule has 2 aromatic carbocycles. The second-order valence-corrected chi connectivity index (χ2v) is 10.6. The van der Waals surface area contributed by atoms with E-state index in [1.807, 2.05) is 0 Å². The van der Waals surface area contributed by atoms with Crippen LogP contribution in [-0.4, -0.2) is 8.07 Å². The highest BCUT2D eigenvalue weighted by Crippen LogP contribution is 2.11. The van der Waals surface area contributed by atoms with E-state index in [0.717, 1.165) is 12.0 Å². The monoisotopic (exact) mass is 264 g/mol. The molecule has 0 bridgehead atoms. The van der Waals surface area contributed by atoms with Gasteiger partial charge < -0.3 is 0 Å². The fraction of sp³-hybridized carbons (Fsp3) is 0.222. The predicted octanol–water partition coefficient (Wildman–Crippen LogP) is 4.51. The summed E-state index contributed by atoms with van der Waals surface area (Å²) in [6.07, 6.45) is 0.976. The van der Waals surface area contributed by atoms with Crippen LogP contribution in [0, 0.1) is 11.5 Å². The first-order chi connectivity index (χ1) is 9.03. The van der Waals surface area contributed by atoms with Crippen molar-refractivity contribution in [2.24, 2.45) is 0 Å². The van der Waals surface area contributed by atoms with Crippen molar-refractivity contribution in [3.63, 3.8) is 0 Å². The molecule has 0 aliphatic rings. The zero-order valence-electron chi connectivity index (χ0n) is 11.9. The largest absolute Gasteiger partial charge is 0.129 e. The summed E-state index contributed by atoms with van der Waals surface area (Å²) in [5.74, 6) is 3.32. The standard InChI is InChI=1S/C18H20Si/c1-19(2,3)13-12-17-10-7-11-18(15-17)14-16-8-5-4-6-9-16/h4-11,15H,14H2,1-3H3. The first-order valence-corrected chi connectivity index (χ1v) is 10.2. The van der Waals surface area contributed by atoms with Crippen molar-refractivity contribution < 1.29 is 0 Å². The average Bonchev–Trinajstić information content (AvgIpc) is 2.37. The summed E-state index contributed by atoms with van der Waals surface area (Å²) in [5.41, 5.74) is 7.23. The summed E-state index contributed by atoms with van der Waals surface area (Å²) < 4.78 is 0. The van der Waals surface area contributed by atoms with E-state index >= 15 is 0 Å². The highest BCUT2D eigenvalue weighted by atomic mass is 28.3. The third-order valence-electron chi connectivity index (χ3n) is 2.76. The molecule has 0 amide bonds. The van der Waals surface area contributed by atoms with Crippen LogP contribution in [0.25, 0.3) is 0 Å². The Morgan fingerprint density at radius 1 is 0.842 bits per heavy atom. The minimum absolute atomic E-state index is 0.976. The Hall–Kier alpha value is -1.78. The lowest BCUT2D eigenvalue weighted by Gasteiger charge is -2.05. The molecule has 0 N–H and O–H groups in total. The molecular weight excluding hydrogens is 244 g/mol. The molecule has 0 fully saturated rings. The maximum absolute atomic E-state index is 3.42. The lowest BCUT2D eigenvalue weighted by atomic mass is 10.0. The van der Waals surface area contributed by atoms with Crippen LogP contribution in [0.15, 0.2) is 54.6 Å². The SMILES string of the molecule is C[Si](C)(C)C#Cc1cccc(Cc2ccccc2)c1. The smallest absolute Gasteiger partial charge is 0.127 e. The molecule has 0 heterocycles. The third kappa shape index (κ3) is 4.77. The van der Waals surface area contributed by atoms with Gasteiger partial charge >= 0.3 is 0 Å².